The molecule has 0 bridgehead atoms. The van der Waals surface area contributed by atoms with Crippen molar-refractivity contribution in [3.8, 4) is 5.75 Å². The largest absolute Gasteiger partial charge is 0.493 e. The first-order valence-electron chi connectivity index (χ1n) is 8.28. The molecule has 0 radical (unpaired) electrons. The lowest BCUT2D eigenvalue weighted by Gasteiger charge is -2.26. The maximum atomic E-state index is 5.99. The van der Waals surface area contributed by atoms with Crippen molar-refractivity contribution in [1.82, 2.24) is 5.32 Å². The van der Waals surface area contributed by atoms with Gasteiger partial charge in [0.1, 0.15) is 5.75 Å². The van der Waals surface area contributed by atoms with Gasteiger partial charge in [-0.05, 0) is 43.0 Å². The average molecular weight is 308 g/mol. The quantitative estimate of drug-likeness (QED) is 0.767. The van der Waals surface area contributed by atoms with E-state index in [1.807, 2.05) is 11.8 Å². The van der Waals surface area contributed by atoms with Crippen LogP contribution in [-0.4, -0.2) is 24.7 Å². The Morgan fingerprint density at radius 3 is 2.90 bits per heavy atom. The lowest BCUT2D eigenvalue weighted by Crippen LogP contribution is -2.26. The fourth-order valence-electron chi connectivity index (χ4n) is 2.69. The predicted molar refractivity (Wildman–Crippen MR) is 93.5 cm³/mol. The summed E-state index contributed by atoms with van der Waals surface area (Å²) in [4.78, 5) is 0. The molecule has 2 rings (SSSR count). The van der Waals surface area contributed by atoms with E-state index in [1.54, 1.807) is 0 Å². The Morgan fingerprint density at radius 1 is 1.29 bits per heavy atom. The third-order valence-electron chi connectivity index (χ3n) is 3.72. The lowest BCUT2D eigenvalue weighted by atomic mass is 9.98. The standard InChI is InChI=1S/C18H29NOS/c1-4-10-19-17(13-21-12-14(2)3)16-9-5-7-15-8-6-11-20-18(15)16/h5,7,9,14,17,19H,4,6,8,10-13H2,1-3H3. The number of rotatable bonds is 8. The zero-order valence-electron chi connectivity index (χ0n) is 13.7. The second kappa shape index (κ2) is 8.70. The topological polar surface area (TPSA) is 21.3 Å². The number of para-hydroxylation sites is 1. The predicted octanol–water partition coefficient (Wildman–Crippen LogP) is 4.44. The van der Waals surface area contributed by atoms with Gasteiger partial charge < -0.3 is 10.1 Å². The molecule has 0 spiro atoms. The van der Waals surface area contributed by atoms with E-state index >= 15 is 0 Å². The molecule has 1 aromatic carbocycles. The van der Waals surface area contributed by atoms with Crippen molar-refractivity contribution >= 4 is 11.8 Å². The molecule has 0 saturated heterocycles. The van der Waals surface area contributed by atoms with Crippen molar-refractivity contribution in [3.05, 3.63) is 29.3 Å². The summed E-state index contributed by atoms with van der Waals surface area (Å²) in [6, 6.07) is 7.06. The van der Waals surface area contributed by atoms with Crippen molar-refractivity contribution in [2.75, 3.05) is 24.7 Å². The van der Waals surface area contributed by atoms with Crippen LogP contribution in [0.1, 0.15) is 50.8 Å². The van der Waals surface area contributed by atoms with Crippen molar-refractivity contribution < 1.29 is 4.74 Å². The molecule has 0 aromatic heterocycles. The van der Waals surface area contributed by atoms with Crippen LogP contribution in [0, 0.1) is 5.92 Å². The van der Waals surface area contributed by atoms with Gasteiger partial charge in [-0.25, -0.2) is 0 Å². The molecule has 0 saturated carbocycles. The van der Waals surface area contributed by atoms with E-state index in [-0.39, 0.29) is 0 Å². The Hall–Kier alpha value is -0.670. The van der Waals surface area contributed by atoms with E-state index in [0.717, 1.165) is 43.4 Å². The number of nitrogens with one attached hydrogen (secondary N) is 1. The van der Waals surface area contributed by atoms with Crippen LogP contribution < -0.4 is 10.1 Å². The van der Waals surface area contributed by atoms with Crippen LogP contribution in [0.15, 0.2) is 18.2 Å². The summed E-state index contributed by atoms with van der Waals surface area (Å²) < 4.78 is 5.99. The zero-order chi connectivity index (χ0) is 15.1. The van der Waals surface area contributed by atoms with Gasteiger partial charge in [-0.3, -0.25) is 0 Å². The van der Waals surface area contributed by atoms with Gasteiger partial charge in [0, 0.05) is 17.4 Å². The smallest absolute Gasteiger partial charge is 0.127 e. The minimum absolute atomic E-state index is 0.404. The first-order valence-corrected chi connectivity index (χ1v) is 9.43. The van der Waals surface area contributed by atoms with Gasteiger partial charge in [0.05, 0.1) is 6.61 Å². The summed E-state index contributed by atoms with van der Waals surface area (Å²) in [5.74, 6) is 4.25. The molecule has 1 N–H and O–H groups in total. The highest BCUT2D eigenvalue weighted by atomic mass is 32.2. The third-order valence-corrected chi connectivity index (χ3v) is 5.19. The summed E-state index contributed by atoms with van der Waals surface area (Å²) in [7, 11) is 0. The Bertz CT molecular complexity index is 433. The van der Waals surface area contributed by atoms with E-state index in [9.17, 15) is 0 Å². The highest BCUT2D eigenvalue weighted by Crippen LogP contribution is 2.34. The van der Waals surface area contributed by atoms with Crippen LogP contribution >= 0.6 is 11.8 Å². The summed E-state index contributed by atoms with van der Waals surface area (Å²) in [5.41, 5.74) is 2.74. The van der Waals surface area contributed by atoms with Crippen molar-refractivity contribution in [1.29, 1.82) is 0 Å². The van der Waals surface area contributed by atoms with Crippen molar-refractivity contribution in [2.24, 2.45) is 5.92 Å². The van der Waals surface area contributed by atoms with Crippen LogP contribution in [-0.2, 0) is 6.42 Å². The summed E-state index contributed by atoms with van der Waals surface area (Å²) in [6.45, 7) is 8.73. The normalized spacial score (nSPS) is 15.6. The number of hydrogen-bond donors (Lipinski definition) is 1. The zero-order valence-corrected chi connectivity index (χ0v) is 14.5. The Balaban J connectivity index is 2.11. The molecule has 21 heavy (non-hydrogen) atoms. The van der Waals surface area contributed by atoms with Crippen molar-refractivity contribution in [2.45, 2.75) is 46.1 Å². The van der Waals surface area contributed by atoms with E-state index < -0.39 is 0 Å². The molecule has 1 unspecified atom stereocenters. The fraction of sp³-hybridized carbons (Fsp3) is 0.667. The summed E-state index contributed by atoms with van der Waals surface area (Å²) in [5, 5.41) is 3.71. The number of fused-ring (bicyclic) bond motifs is 1. The molecular weight excluding hydrogens is 278 g/mol. The van der Waals surface area contributed by atoms with E-state index in [1.165, 1.54) is 23.3 Å². The Morgan fingerprint density at radius 2 is 2.14 bits per heavy atom. The lowest BCUT2D eigenvalue weighted by molar-refractivity contribution is 0.282. The van der Waals surface area contributed by atoms with Gasteiger partial charge in [0.25, 0.3) is 0 Å². The molecule has 1 aromatic rings. The highest BCUT2D eigenvalue weighted by Gasteiger charge is 2.20. The number of benzene rings is 1. The first kappa shape index (κ1) is 16.7. The Kier molecular flexibility index (Phi) is 6.91. The summed E-state index contributed by atoms with van der Waals surface area (Å²) >= 11 is 2.05. The van der Waals surface area contributed by atoms with E-state index in [4.69, 9.17) is 4.74 Å². The minimum atomic E-state index is 0.404. The molecule has 0 amide bonds. The molecule has 118 valence electrons. The molecule has 0 fully saturated rings. The number of hydrogen-bond acceptors (Lipinski definition) is 3. The fourth-order valence-corrected chi connectivity index (χ4v) is 3.83. The van der Waals surface area contributed by atoms with Crippen LogP contribution in [0.4, 0.5) is 0 Å². The monoisotopic (exact) mass is 307 g/mol. The van der Waals surface area contributed by atoms with Gasteiger partial charge in [0.15, 0.2) is 0 Å². The molecule has 1 aliphatic heterocycles. The average Bonchev–Trinajstić information content (AvgIpc) is 2.50. The van der Waals surface area contributed by atoms with Gasteiger partial charge in [0.2, 0.25) is 0 Å². The summed E-state index contributed by atoms with van der Waals surface area (Å²) in [6.07, 6.45) is 3.47. The van der Waals surface area contributed by atoms with E-state index in [0.29, 0.717) is 6.04 Å². The SMILES string of the molecule is CCCNC(CSCC(C)C)c1cccc2c1OCCC2. The maximum absolute atomic E-state index is 5.99. The molecule has 3 heteroatoms. The second-order valence-electron chi connectivity index (χ2n) is 6.23. The molecular formula is C18H29NOS. The van der Waals surface area contributed by atoms with Crippen LogP contribution in [0.3, 0.4) is 0 Å². The maximum Gasteiger partial charge on any atom is 0.127 e. The molecule has 1 atom stereocenters. The Labute approximate surface area is 134 Å². The van der Waals surface area contributed by atoms with Crippen molar-refractivity contribution in [3.63, 3.8) is 0 Å². The highest BCUT2D eigenvalue weighted by molar-refractivity contribution is 7.99. The minimum Gasteiger partial charge on any atom is -0.493 e. The van der Waals surface area contributed by atoms with E-state index in [2.05, 4.69) is 44.3 Å². The molecule has 1 aliphatic rings. The second-order valence-corrected chi connectivity index (χ2v) is 7.30. The van der Waals surface area contributed by atoms with Crippen LogP contribution in [0.5, 0.6) is 5.75 Å². The van der Waals surface area contributed by atoms with Gasteiger partial charge >= 0.3 is 0 Å². The van der Waals surface area contributed by atoms with Gasteiger partial charge in [-0.1, -0.05) is 39.0 Å². The van der Waals surface area contributed by atoms with Gasteiger partial charge in [-0.2, -0.15) is 11.8 Å². The first-order chi connectivity index (χ1) is 10.2. The van der Waals surface area contributed by atoms with Crippen LogP contribution in [0.25, 0.3) is 0 Å². The van der Waals surface area contributed by atoms with Crippen LogP contribution in [0.2, 0.25) is 0 Å². The number of ether oxygens (including phenoxy) is 1. The number of aryl methyl sites for hydroxylation is 1. The number of thioether (sulfide) groups is 1. The molecule has 1 heterocycles. The van der Waals surface area contributed by atoms with Gasteiger partial charge in [-0.15, -0.1) is 0 Å². The molecule has 0 aliphatic carbocycles. The third kappa shape index (κ3) is 4.93. The molecule has 2 nitrogen and oxygen atoms in total.